The summed E-state index contributed by atoms with van der Waals surface area (Å²) in [4.78, 5) is 27.3. The number of nitro groups is 1. The third kappa shape index (κ3) is 2.00. The van der Waals surface area contributed by atoms with Crippen LogP contribution >= 0.6 is 11.3 Å². The van der Waals surface area contributed by atoms with E-state index < -0.39 is 4.92 Å². The summed E-state index contributed by atoms with van der Waals surface area (Å²) in [5.74, 6) is 0. The fraction of sp³-hybridized carbons (Fsp3) is 0. The molecule has 2 heterocycles. The molecule has 2 aromatic carbocycles. The first kappa shape index (κ1) is 13.4. The monoisotopic (exact) mass is 377 g/mol. The van der Waals surface area contributed by atoms with Crippen LogP contribution in [-0.4, -0.2) is 28.2 Å². The molecule has 6 nitrogen and oxygen atoms in total. The molecule has 2 aromatic heterocycles. The Morgan fingerprint density at radius 1 is 1.23 bits per heavy atom. The van der Waals surface area contributed by atoms with Gasteiger partial charge < -0.3 is 0 Å². The molecule has 0 spiro atoms. The van der Waals surface area contributed by atoms with E-state index in [-0.39, 0.29) is 26.0 Å². The molecular formula is C14H7N3O3SSe. The van der Waals surface area contributed by atoms with E-state index in [9.17, 15) is 14.9 Å². The maximum atomic E-state index is 12.4. The molecule has 4 aromatic rings. The van der Waals surface area contributed by atoms with Gasteiger partial charge in [-0.05, 0) is 0 Å². The van der Waals surface area contributed by atoms with Gasteiger partial charge in [-0.3, -0.25) is 0 Å². The normalized spacial score (nSPS) is 11.3. The average molecular weight is 376 g/mol. The fourth-order valence-electron chi connectivity index (χ4n) is 2.20. The van der Waals surface area contributed by atoms with E-state index in [0.29, 0.717) is 20.7 Å². The Kier molecular flexibility index (Phi) is 2.97. The van der Waals surface area contributed by atoms with Gasteiger partial charge in [-0.2, -0.15) is 0 Å². The minimum absolute atomic E-state index is 0.0317. The van der Waals surface area contributed by atoms with Gasteiger partial charge in [0.25, 0.3) is 0 Å². The van der Waals surface area contributed by atoms with Crippen molar-refractivity contribution in [2.45, 2.75) is 0 Å². The summed E-state index contributed by atoms with van der Waals surface area (Å²) in [6.45, 7) is 0. The van der Waals surface area contributed by atoms with E-state index in [4.69, 9.17) is 0 Å². The summed E-state index contributed by atoms with van der Waals surface area (Å²) in [5, 5.41) is 12.1. The van der Waals surface area contributed by atoms with Gasteiger partial charge in [0.1, 0.15) is 0 Å². The number of thiazole rings is 1. The molecule has 0 aliphatic rings. The Bertz CT molecular complexity index is 1100. The number of benzene rings is 2. The van der Waals surface area contributed by atoms with E-state index in [1.165, 1.54) is 23.5 Å². The first-order valence-corrected chi connectivity index (χ1v) is 8.74. The van der Waals surface area contributed by atoms with E-state index in [1.807, 2.05) is 24.3 Å². The van der Waals surface area contributed by atoms with Crippen LogP contribution in [0, 0.1) is 10.1 Å². The fourth-order valence-corrected chi connectivity index (χ4v) is 5.40. The summed E-state index contributed by atoms with van der Waals surface area (Å²) < 4.78 is 3.42. The van der Waals surface area contributed by atoms with Crippen molar-refractivity contribution in [2.75, 3.05) is 0 Å². The molecule has 22 heavy (non-hydrogen) atoms. The van der Waals surface area contributed by atoms with Crippen molar-refractivity contribution in [3.05, 3.63) is 62.9 Å². The Morgan fingerprint density at radius 2 is 2.05 bits per heavy atom. The van der Waals surface area contributed by atoms with Crippen LogP contribution in [0.3, 0.4) is 0 Å². The van der Waals surface area contributed by atoms with Crippen molar-refractivity contribution >= 4 is 51.6 Å². The van der Waals surface area contributed by atoms with Gasteiger partial charge in [-0.15, -0.1) is 0 Å². The van der Waals surface area contributed by atoms with Crippen LogP contribution in [-0.2, 0) is 0 Å². The summed E-state index contributed by atoms with van der Waals surface area (Å²) in [7, 11) is 0. The van der Waals surface area contributed by atoms with Gasteiger partial charge in [-0.1, -0.05) is 0 Å². The van der Waals surface area contributed by atoms with E-state index in [1.54, 1.807) is 9.63 Å². The third-order valence-corrected chi connectivity index (χ3v) is 6.75. The van der Waals surface area contributed by atoms with Crippen molar-refractivity contribution < 1.29 is 4.92 Å². The zero-order chi connectivity index (χ0) is 15.3. The molecule has 4 rings (SSSR count). The number of nitrogens with zero attached hydrogens (tertiary/aromatic N) is 3. The third-order valence-electron chi connectivity index (χ3n) is 3.24. The van der Waals surface area contributed by atoms with E-state index in [0.717, 1.165) is 4.26 Å². The van der Waals surface area contributed by atoms with Gasteiger partial charge in [-0.25, -0.2) is 0 Å². The molecule has 0 aliphatic carbocycles. The Balaban J connectivity index is 1.94. The number of aromatic nitrogens is 2. The molecule has 0 aliphatic heterocycles. The first-order chi connectivity index (χ1) is 10.6. The van der Waals surface area contributed by atoms with Gasteiger partial charge in [0.05, 0.1) is 0 Å². The van der Waals surface area contributed by atoms with E-state index in [2.05, 4.69) is 4.98 Å². The van der Waals surface area contributed by atoms with Crippen molar-refractivity contribution in [1.82, 2.24) is 8.55 Å². The number of fused-ring (bicyclic) bond motifs is 2. The molecule has 108 valence electrons. The second kappa shape index (κ2) is 4.88. The number of nitro benzene ring substituents is 1. The van der Waals surface area contributed by atoms with Crippen LogP contribution in [0.25, 0.3) is 25.0 Å². The van der Waals surface area contributed by atoms with Gasteiger partial charge >= 0.3 is 133 Å². The maximum absolute atomic E-state index is 12.4. The second-order valence-corrected chi connectivity index (χ2v) is 7.67. The number of hydrogen-bond donors (Lipinski definition) is 0. The van der Waals surface area contributed by atoms with Crippen LogP contribution in [0.15, 0.2) is 47.3 Å². The van der Waals surface area contributed by atoms with Crippen molar-refractivity contribution in [2.24, 2.45) is 0 Å². The van der Waals surface area contributed by atoms with Crippen molar-refractivity contribution in [3.8, 4) is 5.13 Å². The molecule has 0 saturated heterocycles. The molecule has 0 radical (unpaired) electrons. The molecule has 0 atom stereocenters. The van der Waals surface area contributed by atoms with Crippen LogP contribution in [0.5, 0.6) is 0 Å². The van der Waals surface area contributed by atoms with Crippen LogP contribution in [0.2, 0.25) is 0 Å². The SMILES string of the molecule is O=c1c2ccccc2[se]n1-c1nc2ccc([N+](=O)[O-])cc2s1. The Morgan fingerprint density at radius 3 is 2.82 bits per heavy atom. The van der Waals surface area contributed by atoms with Crippen LogP contribution < -0.4 is 5.56 Å². The predicted molar refractivity (Wildman–Crippen MR) is 86.3 cm³/mol. The van der Waals surface area contributed by atoms with Crippen LogP contribution in [0.4, 0.5) is 5.69 Å². The molecule has 8 heteroatoms. The van der Waals surface area contributed by atoms with Crippen molar-refractivity contribution in [3.63, 3.8) is 0 Å². The second-order valence-electron chi connectivity index (χ2n) is 4.59. The van der Waals surface area contributed by atoms with E-state index >= 15 is 0 Å². The van der Waals surface area contributed by atoms with Gasteiger partial charge in [0.15, 0.2) is 0 Å². The van der Waals surface area contributed by atoms with Gasteiger partial charge in [0.2, 0.25) is 0 Å². The predicted octanol–water partition coefficient (Wildman–Crippen LogP) is 2.57. The zero-order valence-electron chi connectivity index (χ0n) is 10.9. The molecule has 0 fully saturated rings. The summed E-state index contributed by atoms with van der Waals surface area (Å²) in [5.41, 5.74) is 0.651. The number of non-ortho nitro benzene ring substituents is 1. The quantitative estimate of drug-likeness (QED) is 0.306. The standard InChI is InChI=1S/C14H7N3O3SSe/c18-13-9-3-1-2-4-12(9)22-16(13)14-15-10-6-5-8(17(19)20)7-11(10)21-14/h1-7H. The molecule has 0 bridgehead atoms. The summed E-state index contributed by atoms with van der Waals surface area (Å²) in [6, 6.07) is 12.1. The topological polar surface area (TPSA) is 78.0 Å². The van der Waals surface area contributed by atoms with Crippen LogP contribution in [0.1, 0.15) is 0 Å². The molecule has 0 unspecified atom stereocenters. The minimum atomic E-state index is -0.431. The Labute approximate surface area is 133 Å². The summed E-state index contributed by atoms with van der Waals surface area (Å²) >= 11 is 1.16. The molecule has 0 amide bonds. The first-order valence-electron chi connectivity index (χ1n) is 6.30. The zero-order valence-corrected chi connectivity index (χ0v) is 13.5. The molecule has 0 saturated carbocycles. The molecular weight excluding hydrogens is 369 g/mol. The number of rotatable bonds is 2. The average Bonchev–Trinajstić information content (AvgIpc) is 3.08. The van der Waals surface area contributed by atoms with Crippen molar-refractivity contribution in [1.29, 1.82) is 0 Å². The molecule has 0 N–H and O–H groups in total. The number of hydrogen-bond acceptors (Lipinski definition) is 5. The van der Waals surface area contributed by atoms with Gasteiger partial charge in [0, 0.05) is 0 Å². The Hall–Kier alpha value is -2.28. The summed E-state index contributed by atoms with van der Waals surface area (Å²) in [6.07, 6.45) is 0.